The fourth-order valence-electron chi connectivity index (χ4n) is 2.73. The molecular weight excluding hydrogens is 344 g/mol. The van der Waals surface area contributed by atoms with Crippen LogP contribution in [0.1, 0.15) is 18.4 Å². The number of rotatable bonds is 6. The van der Waals surface area contributed by atoms with Crippen LogP contribution in [0.15, 0.2) is 30.3 Å². The molecule has 138 valence electrons. The zero-order valence-corrected chi connectivity index (χ0v) is 15.4. The summed E-state index contributed by atoms with van der Waals surface area (Å²) in [4.78, 5) is 25.7. The molecule has 1 aromatic carbocycles. The van der Waals surface area contributed by atoms with E-state index in [4.69, 9.17) is 4.74 Å². The van der Waals surface area contributed by atoms with Crippen molar-refractivity contribution in [2.45, 2.75) is 19.4 Å². The molecule has 1 aromatic rings. The highest BCUT2D eigenvalue weighted by molar-refractivity contribution is 7.88. The minimum atomic E-state index is -3.22. The smallest absolute Gasteiger partial charge is 0.309 e. The largest absolute Gasteiger partial charge is 0.455 e. The third-order valence-electron chi connectivity index (χ3n) is 4.28. The number of hydrogen-bond donors (Lipinski definition) is 0. The van der Waals surface area contributed by atoms with Gasteiger partial charge in [-0.1, -0.05) is 30.3 Å². The molecule has 1 aliphatic heterocycles. The zero-order valence-electron chi connectivity index (χ0n) is 14.6. The molecule has 0 radical (unpaired) electrons. The number of nitrogens with zero attached hydrogens (tertiary/aromatic N) is 2. The van der Waals surface area contributed by atoms with E-state index in [1.165, 1.54) is 9.21 Å². The maximum absolute atomic E-state index is 12.1. The van der Waals surface area contributed by atoms with E-state index >= 15 is 0 Å². The van der Waals surface area contributed by atoms with Gasteiger partial charge in [-0.2, -0.15) is 0 Å². The molecule has 25 heavy (non-hydrogen) atoms. The molecular formula is C17H24N2O5S. The minimum Gasteiger partial charge on any atom is -0.455 e. The molecule has 0 N–H and O–H groups in total. The fraction of sp³-hybridized carbons (Fsp3) is 0.529. The molecule has 0 saturated carbocycles. The number of esters is 1. The highest BCUT2D eigenvalue weighted by Gasteiger charge is 2.30. The lowest BCUT2D eigenvalue weighted by Crippen LogP contribution is -2.40. The number of piperidine rings is 1. The van der Waals surface area contributed by atoms with Crippen LogP contribution in [-0.2, 0) is 30.9 Å². The standard InChI is InChI=1S/C17H24N2O5S/c1-18(12-14-6-4-3-5-7-14)16(20)13-24-17(21)15-8-10-19(11-9-15)25(2,22)23/h3-7,15H,8-13H2,1-2H3. The Hall–Kier alpha value is -1.93. The van der Waals surface area contributed by atoms with Crippen LogP contribution in [0.4, 0.5) is 0 Å². The van der Waals surface area contributed by atoms with Crippen LogP contribution < -0.4 is 0 Å². The maximum atomic E-state index is 12.1. The van der Waals surface area contributed by atoms with Gasteiger partial charge in [0, 0.05) is 26.7 Å². The Bertz CT molecular complexity index is 697. The summed E-state index contributed by atoms with van der Waals surface area (Å²) in [6.07, 6.45) is 1.99. The van der Waals surface area contributed by atoms with Gasteiger partial charge in [0.25, 0.3) is 5.91 Å². The lowest BCUT2D eigenvalue weighted by atomic mass is 9.98. The first-order chi connectivity index (χ1) is 11.8. The van der Waals surface area contributed by atoms with Gasteiger partial charge in [0.15, 0.2) is 6.61 Å². The summed E-state index contributed by atoms with van der Waals surface area (Å²) in [6, 6.07) is 9.55. The molecule has 1 amide bonds. The Morgan fingerprint density at radius 3 is 2.36 bits per heavy atom. The summed E-state index contributed by atoms with van der Waals surface area (Å²) in [5, 5.41) is 0. The number of hydrogen-bond acceptors (Lipinski definition) is 5. The average Bonchev–Trinajstić information content (AvgIpc) is 2.59. The Balaban J connectivity index is 1.75. The molecule has 0 aliphatic carbocycles. The molecule has 2 rings (SSSR count). The van der Waals surface area contributed by atoms with E-state index in [2.05, 4.69) is 0 Å². The maximum Gasteiger partial charge on any atom is 0.309 e. The van der Waals surface area contributed by atoms with Gasteiger partial charge in [0.1, 0.15) is 0 Å². The molecule has 0 bridgehead atoms. The molecule has 1 aliphatic rings. The summed E-state index contributed by atoms with van der Waals surface area (Å²) in [5.41, 5.74) is 0.998. The average molecular weight is 368 g/mol. The number of ether oxygens (including phenoxy) is 1. The van der Waals surface area contributed by atoms with E-state index in [1.54, 1.807) is 7.05 Å². The van der Waals surface area contributed by atoms with Crippen molar-refractivity contribution in [2.24, 2.45) is 5.92 Å². The second-order valence-corrected chi connectivity index (χ2v) is 8.26. The topological polar surface area (TPSA) is 84.0 Å². The molecule has 0 unspecified atom stereocenters. The molecule has 8 heteroatoms. The van der Waals surface area contributed by atoms with Crippen molar-refractivity contribution in [3.05, 3.63) is 35.9 Å². The van der Waals surface area contributed by atoms with Crippen molar-refractivity contribution in [2.75, 3.05) is 33.0 Å². The third kappa shape index (κ3) is 5.82. The monoisotopic (exact) mass is 368 g/mol. The van der Waals surface area contributed by atoms with Crippen LogP contribution in [-0.4, -0.2) is 62.5 Å². The van der Waals surface area contributed by atoms with Gasteiger partial charge in [-0.05, 0) is 18.4 Å². The SMILES string of the molecule is CN(Cc1ccccc1)C(=O)COC(=O)C1CCN(S(C)(=O)=O)CC1. The number of sulfonamides is 1. The van der Waals surface area contributed by atoms with Crippen LogP contribution in [0.2, 0.25) is 0 Å². The van der Waals surface area contributed by atoms with Crippen molar-refractivity contribution in [3.8, 4) is 0 Å². The highest BCUT2D eigenvalue weighted by atomic mass is 32.2. The van der Waals surface area contributed by atoms with Crippen LogP contribution >= 0.6 is 0 Å². The Morgan fingerprint density at radius 2 is 1.80 bits per heavy atom. The predicted molar refractivity (Wildman–Crippen MR) is 93.0 cm³/mol. The first-order valence-corrected chi connectivity index (χ1v) is 10.0. The summed E-state index contributed by atoms with van der Waals surface area (Å²) in [5.74, 6) is -1.06. The van der Waals surface area contributed by atoms with E-state index in [0.717, 1.165) is 11.8 Å². The zero-order chi connectivity index (χ0) is 18.4. The van der Waals surface area contributed by atoms with Crippen molar-refractivity contribution in [1.82, 2.24) is 9.21 Å². The van der Waals surface area contributed by atoms with Crippen LogP contribution in [0, 0.1) is 5.92 Å². The summed E-state index contributed by atoms with van der Waals surface area (Å²) < 4.78 is 29.4. The van der Waals surface area contributed by atoms with Gasteiger partial charge in [-0.15, -0.1) is 0 Å². The van der Waals surface area contributed by atoms with Crippen molar-refractivity contribution in [3.63, 3.8) is 0 Å². The van der Waals surface area contributed by atoms with Gasteiger partial charge >= 0.3 is 5.97 Å². The Labute approximate surface area is 148 Å². The second kappa shape index (κ2) is 8.44. The quantitative estimate of drug-likeness (QED) is 0.696. The van der Waals surface area contributed by atoms with Crippen LogP contribution in [0.5, 0.6) is 0 Å². The first-order valence-electron chi connectivity index (χ1n) is 8.17. The van der Waals surface area contributed by atoms with Crippen LogP contribution in [0.25, 0.3) is 0 Å². The lowest BCUT2D eigenvalue weighted by Gasteiger charge is -2.29. The van der Waals surface area contributed by atoms with E-state index in [-0.39, 0.29) is 18.4 Å². The van der Waals surface area contributed by atoms with E-state index in [0.29, 0.717) is 32.5 Å². The first kappa shape index (κ1) is 19.4. The van der Waals surface area contributed by atoms with Gasteiger partial charge in [-0.3, -0.25) is 9.59 Å². The molecule has 0 atom stereocenters. The number of carbonyl (C=O) groups excluding carboxylic acids is 2. The molecule has 1 heterocycles. The Kier molecular flexibility index (Phi) is 6.55. The number of amides is 1. The van der Waals surface area contributed by atoms with Gasteiger partial charge in [0.05, 0.1) is 12.2 Å². The normalized spacial score (nSPS) is 16.4. The van der Waals surface area contributed by atoms with Gasteiger partial charge in [0.2, 0.25) is 10.0 Å². The van der Waals surface area contributed by atoms with Gasteiger partial charge in [-0.25, -0.2) is 12.7 Å². The van der Waals surface area contributed by atoms with Gasteiger partial charge < -0.3 is 9.64 Å². The highest BCUT2D eigenvalue weighted by Crippen LogP contribution is 2.20. The van der Waals surface area contributed by atoms with E-state index < -0.39 is 16.0 Å². The second-order valence-electron chi connectivity index (χ2n) is 6.28. The van der Waals surface area contributed by atoms with E-state index in [9.17, 15) is 18.0 Å². The van der Waals surface area contributed by atoms with Crippen molar-refractivity contribution >= 4 is 21.9 Å². The molecule has 0 aromatic heterocycles. The summed E-state index contributed by atoms with van der Waals surface area (Å²) >= 11 is 0. The third-order valence-corrected chi connectivity index (χ3v) is 5.59. The molecule has 0 spiro atoms. The molecule has 1 fully saturated rings. The minimum absolute atomic E-state index is 0.272. The lowest BCUT2D eigenvalue weighted by molar-refractivity contribution is -0.156. The predicted octanol–water partition coefficient (Wildman–Crippen LogP) is 0.860. The summed E-state index contributed by atoms with van der Waals surface area (Å²) in [6.45, 7) is 0.763. The number of benzene rings is 1. The molecule has 1 saturated heterocycles. The van der Waals surface area contributed by atoms with E-state index in [1.807, 2.05) is 30.3 Å². The Morgan fingerprint density at radius 1 is 1.20 bits per heavy atom. The summed E-state index contributed by atoms with van der Waals surface area (Å²) in [7, 11) is -1.56. The van der Waals surface area contributed by atoms with Crippen molar-refractivity contribution < 1.29 is 22.7 Å². The molecule has 7 nitrogen and oxygen atoms in total. The van der Waals surface area contributed by atoms with Crippen molar-refractivity contribution in [1.29, 1.82) is 0 Å². The fourth-order valence-corrected chi connectivity index (χ4v) is 3.60. The number of likely N-dealkylation sites (N-methyl/N-ethyl adjacent to an activating group) is 1. The van der Waals surface area contributed by atoms with Crippen LogP contribution in [0.3, 0.4) is 0 Å². The number of carbonyl (C=O) groups is 2.